The van der Waals surface area contributed by atoms with Gasteiger partial charge in [-0.2, -0.15) is 0 Å². The van der Waals surface area contributed by atoms with Crippen molar-refractivity contribution in [3.8, 4) is 0 Å². The molecule has 100 valence electrons. The normalized spacial score (nSPS) is 10.3. The fourth-order valence-electron chi connectivity index (χ4n) is 1.76. The van der Waals surface area contributed by atoms with Crippen LogP contribution in [0, 0.1) is 19.7 Å². The minimum atomic E-state index is -0.290. The van der Waals surface area contributed by atoms with Crippen LogP contribution in [0.25, 0.3) is 0 Å². The van der Waals surface area contributed by atoms with Crippen LogP contribution in [0.1, 0.15) is 18.3 Å². The molecule has 0 bridgehead atoms. The van der Waals surface area contributed by atoms with Gasteiger partial charge in [-0.3, -0.25) is 0 Å². The summed E-state index contributed by atoms with van der Waals surface area (Å²) in [6.45, 7) is 6.42. The molecule has 2 rings (SSSR count). The maximum Gasteiger partial charge on any atom is 0.146 e. The molecular weight excluding hydrogens is 243 g/mol. The first-order chi connectivity index (χ1) is 9.08. The van der Waals surface area contributed by atoms with E-state index in [2.05, 4.69) is 20.6 Å². The molecule has 1 heterocycles. The number of anilines is 3. The van der Waals surface area contributed by atoms with Crippen molar-refractivity contribution in [1.29, 1.82) is 0 Å². The van der Waals surface area contributed by atoms with Crippen molar-refractivity contribution < 1.29 is 4.39 Å². The van der Waals surface area contributed by atoms with Crippen LogP contribution in [0.15, 0.2) is 24.3 Å². The summed E-state index contributed by atoms with van der Waals surface area (Å²) in [7, 11) is 0. The first kappa shape index (κ1) is 13.3. The van der Waals surface area contributed by atoms with Gasteiger partial charge in [-0.15, -0.1) is 0 Å². The number of nitrogens with one attached hydrogen (secondary N) is 2. The van der Waals surface area contributed by atoms with Crippen LogP contribution in [0.4, 0.5) is 21.7 Å². The van der Waals surface area contributed by atoms with Gasteiger partial charge < -0.3 is 10.6 Å². The van der Waals surface area contributed by atoms with Crippen LogP contribution in [-0.2, 0) is 0 Å². The molecule has 4 nitrogen and oxygen atoms in total. The molecule has 1 aromatic carbocycles. The zero-order valence-electron chi connectivity index (χ0n) is 11.3. The summed E-state index contributed by atoms with van der Waals surface area (Å²) in [5.41, 5.74) is 1.29. The number of aryl methyl sites for hydroxylation is 2. The van der Waals surface area contributed by atoms with Crippen molar-refractivity contribution in [3.05, 3.63) is 41.5 Å². The Kier molecular flexibility index (Phi) is 3.94. The molecular formula is C14H17FN4. The number of hydrogen-bond donors (Lipinski definition) is 2. The van der Waals surface area contributed by atoms with Gasteiger partial charge in [0.25, 0.3) is 0 Å². The summed E-state index contributed by atoms with van der Waals surface area (Å²) in [5, 5.41) is 6.09. The standard InChI is InChI=1S/C14H17FN4/c1-4-16-13-8-14(18-10(3)17-13)19-12-6-5-9(2)7-11(12)15/h5-8H,4H2,1-3H3,(H2,16,17,18,19). The van der Waals surface area contributed by atoms with Crippen LogP contribution in [0.2, 0.25) is 0 Å². The molecule has 2 N–H and O–H groups in total. The third-order valence-corrected chi connectivity index (χ3v) is 2.58. The lowest BCUT2D eigenvalue weighted by Gasteiger charge is -2.10. The molecule has 1 aromatic heterocycles. The number of aromatic nitrogens is 2. The fraction of sp³-hybridized carbons (Fsp3) is 0.286. The summed E-state index contributed by atoms with van der Waals surface area (Å²) < 4.78 is 13.8. The van der Waals surface area contributed by atoms with E-state index in [0.717, 1.165) is 17.9 Å². The average molecular weight is 260 g/mol. The van der Waals surface area contributed by atoms with E-state index in [1.807, 2.05) is 19.9 Å². The smallest absolute Gasteiger partial charge is 0.146 e. The average Bonchev–Trinajstić information content (AvgIpc) is 2.32. The Labute approximate surface area is 112 Å². The molecule has 0 saturated carbocycles. The molecule has 0 fully saturated rings. The van der Waals surface area contributed by atoms with Gasteiger partial charge in [0.05, 0.1) is 5.69 Å². The molecule has 5 heteroatoms. The maximum absolute atomic E-state index is 13.8. The molecule has 19 heavy (non-hydrogen) atoms. The lowest BCUT2D eigenvalue weighted by Crippen LogP contribution is -2.04. The van der Waals surface area contributed by atoms with Gasteiger partial charge in [-0.1, -0.05) is 6.07 Å². The lowest BCUT2D eigenvalue weighted by molar-refractivity contribution is 0.630. The van der Waals surface area contributed by atoms with Crippen LogP contribution < -0.4 is 10.6 Å². The van der Waals surface area contributed by atoms with Crippen LogP contribution in [0.5, 0.6) is 0 Å². The highest BCUT2D eigenvalue weighted by Crippen LogP contribution is 2.21. The largest absolute Gasteiger partial charge is 0.370 e. The fourth-order valence-corrected chi connectivity index (χ4v) is 1.76. The van der Waals surface area contributed by atoms with Crippen molar-refractivity contribution in [2.75, 3.05) is 17.2 Å². The Hall–Kier alpha value is -2.17. The SMILES string of the molecule is CCNc1cc(Nc2ccc(C)cc2F)nc(C)n1. The summed E-state index contributed by atoms with van der Waals surface area (Å²) >= 11 is 0. The highest BCUT2D eigenvalue weighted by Gasteiger charge is 2.05. The van der Waals surface area contributed by atoms with Gasteiger partial charge >= 0.3 is 0 Å². The Morgan fingerprint density at radius 1 is 1.11 bits per heavy atom. The monoisotopic (exact) mass is 260 g/mol. The maximum atomic E-state index is 13.8. The molecule has 0 atom stereocenters. The number of benzene rings is 1. The van der Waals surface area contributed by atoms with Crippen molar-refractivity contribution in [2.45, 2.75) is 20.8 Å². The zero-order valence-corrected chi connectivity index (χ0v) is 11.3. The molecule has 0 aliphatic heterocycles. The van der Waals surface area contributed by atoms with E-state index in [9.17, 15) is 4.39 Å². The van der Waals surface area contributed by atoms with Gasteiger partial charge in [-0.25, -0.2) is 14.4 Å². The highest BCUT2D eigenvalue weighted by atomic mass is 19.1. The summed E-state index contributed by atoms with van der Waals surface area (Å²) in [5.74, 6) is 1.64. The molecule has 0 amide bonds. The second kappa shape index (κ2) is 5.65. The van der Waals surface area contributed by atoms with E-state index in [-0.39, 0.29) is 5.82 Å². The number of rotatable bonds is 4. The molecule has 0 radical (unpaired) electrons. The minimum Gasteiger partial charge on any atom is -0.370 e. The van der Waals surface area contributed by atoms with Crippen LogP contribution in [-0.4, -0.2) is 16.5 Å². The van der Waals surface area contributed by atoms with Gasteiger partial charge in [0.2, 0.25) is 0 Å². The third kappa shape index (κ3) is 3.40. The van der Waals surface area contributed by atoms with E-state index in [0.29, 0.717) is 17.3 Å². The van der Waals surface area contributed by atoms with Gasteiger partial charge in [-0.05, 0) is 38.5 Å². The zero-order chi connectivity index (χ0) is 13.8. The number of hydrogen-bond acceptors (Lipinski definition) is 4. The Morgan fingerprint density at radius 2 is 1.84 bits per heavy atom. The molecule has 0 spiro atoms. The minimum absolute atomic E-state index is 0.290. The van der Waals surface area contributed by atoms with E-state index >= 15 is 0 Å². The first-order valence-corrected chi connectivity index (χ1v) is 6.21. The van der Waals surface area contributed by atoms with Gasteiger partial charge in [0, 0.05) is 12.6 Å². The van der Waals surface area contributed by atoms with E-state index in [4.69, 9.17) is 0 Å². The van der Waals surface area contributed by atoms with E-state index < -0.39 is 0 Å². The van der Waals surface area contributed by atoms with Crippen molar-refractivity contribution >= 4 is 17.3 Å². The first-order valence-electron chi connectivity index (χ1n) is 6.21. The summed E-state index contributed by atoms with van der Waals surface area (Å²) in [6.07, 6.45) is 0. The molecule has 2 aromatic rings. The van der Waals surface area contributed by atoms with Crippen molar-refractivity contribution in [3.63, 3.8) is 0 Å². The molecule has 0 unspecified atom stereocenters. The van der Waals surface area contributed by atoms with Crippen molar-refractivity contribution in [2.24, 2.45) is 0 Å². The predicted molar refractivity (Wildman–Crippen MR) is 75.4 cm³/mol. The van der Waals surface area contributed by atoms with Crippen LogP contribution in [0.3, 0.4) is 0 Å². The molecule has 0 aliphatic rings. The molecule has 0 saturated heterocycles. The number of halogens is 1. The molecule has 0 aliphatic carbocycles. The van der Waals surface area contributed by atoms with Gasteiger partial charge in [0.15, 0.2) is 0 Å². The second-order valence-corrected chi connectivity index (χ2v) is 4.32. The Bertz CT molecular complexity index is 584. The van der Waals surface area contributed by atoms with Crippen molar-refractivity contribution in [1.82, 2.24) is 9.97 Å². The quantitative estimate of drug-likeness (QED) is 0.884. The topological polar surface area (TPSA) is 49.8 Å². The highest BCUT2D eigenvalue weighted by molar-refractivity contribution is 5.60. The van der Waals surface area contributed by atoms with E-state index in [1.165, 1.54) is 6.07 Å². The van der Waals surface area contributed by atoms with E-state index in [1.54, 1.807) is 19.1 Å². The van der Waals surface area contributed by atoms with Gasteiger partial charge in [0.1, 0.15) is 23.3 Å². The van der Waals surface area contributed by atoms with Crippen LogP contribution >= 0.6 is 0 Å². The third-order valence-electron chi connectivity index (χ3n) is 2.58. The summed E-state index contributed by atoms with van der Waals surface area (Å²) in [4.78, 5) is 8.49. The lowest BCUT2D eigenvalue weighted by atomic mass is 10.2. The Morgan fingerprint density at radius 3 is 2.53 bits per heavy atom. The summed E-state index contributed by atoms with van der Waals surface area (Å²) in [6, 6.07) is 6.80. The Balaban J connectivity index is 2.27. The second-order valence-electron chi connectivity index (χ2n) is 4.32. The predicted octanol–water partition coefficient (Wildman–Crippen LogP) is 3.41. The number of nitrogens with zero attached hydrogens (tertiary/aromatic N) is 2.